The molecule has 2 aliphatic rings. The molecule has 0 aromatic heterocycles. The maximum absolute atomic E-state index is 11.4. The third-order valence-corrected chi connectivity index (χ3v) is 2.76. The second-order valence-electron chi connectivity index (χ2n) is 4.10. The zero-order valence-corrected chi connectivity index (χ0v) is 7.92. The summed E-state index contributed by atoms with van der Waals surface area (Å²) in [6, 6.07) is 0.375. The minimum absolute atomic E-state index is 0.245. The van der Waals surface area contributed by atoms with Crippen molar-refractivity contribution in [3.8, 4) is 0 Å². The second-order valence-corrected chi connectivity index (χ2v) is 4.10. The maximum Gasteiger partial charge on any atom is 0.220 e. The largest absolute Gasteiger partial charge is 0.381 e. The summed E-state index contributed by atoms with van der Waals surface area (Å²) >= 11 is 0. The summed E-state index contributed by atoms with van der Waals surface area (Å²) in [6.45, 7) is 1.60. The minimum Gasteiger partial charge on any atom is -0.381 e. The molecule has 2 rings (SSSR count). The van der Waals surface area contributed by atoms with E-state index in [1.807, 2.05) is 0 Å². The second kappa shape index (κ2) is 4.09. The lowest BCUT2D eigenvalue weighted by Crippen LogP contribution is -2.38. The van der Waals surface area contributed by atoms with E-state index < -0.39 is 0 Å². The average molecular weight is 183 g/mol. The molecule has 0 radical (unpaired) electrons. The maximum atomic E-state index is 11.4. The van der Waals surface area contributed by atoms with Crippen molar-refractivity contribution in [2.45, 2.75) is 38.1 Å². The molecule has 0 aromatic rings. The van der Waals surface area contributed by atoms with Crippen LogP contribution in [0, 0.1) is 5.92 Å². The Bertz CT molecular complexity index is 183. The van der Waals surface area contributed by atoms with Gasteiger partial charge in [0.2, 0.25) is 5.91 Å². The molecular weight excluding hydrogens is 166 g/mol. The van der Waals surface area contributed by atoms with E-state index in [4.69, 9.17) is 4.74 Å². The summed E-state index contributed by atoms with van der Waals surface area (Å²) in [4.78, 5) is 11.4. The van der Waals surface area contributed by atoms with Gasteiger partial charge in [-0.2, -0.15) is 0 Å². The molecular formula is C10H17NO2. The fourth-order valence-corrected chi connectivity index (χ4v) is 1.71. The average Bonchev–Trinajstić information content (AvgIpc) is 2.90. The van der Waals surface area contributed by atoms with E-state index in [2.05, 4.69) is 5.32 Å². The molecule has 1 aliphatic heterocycles. The third-order valence-electron chi connectivity index (χ3n) is 2.76. The van der Waals surface area contributed by atoms with Crippen LogP contribution in [0.25, 0.3) is 0 Å². The van der Waals surface area contributed by atoms with Crippen LogP contribution >= 0.6 is 0 Å². The molecule has 13 heavy (non-hydrogen) atoms. The summed E-state index contributed by atoms with van der Waals surface area (Å²) in [5.41, 5.74) is 0. The van der Waals surface area contributed by atoms with Crippen LogP contribution in [0.1, 0.15) is 32.1 Å². The van der Waals surface area contributed by atoms with Gasteiger partial charge in [-0.1, -0.05) is 0 Å². The van der Waals surface area contributed by atoms with Gasteiger partial charge in [-0.25, -0.2) is 0 Å². The van der Waals surface area contributed by atoms with Crippen LogP contribution in [-0.2, 0) is 9.53 Å². The number of carbonyl (C=O) groups excluding carboxylic acids is 1. The van der Waals surface area contributed by atoms with E-state index >= 15 is 0 Å². The first-order chi connectivity index (χ1) is 6.34. The number of nitrogens with one attached hydrogen (secondary N) is 1. The van der Waals surface area contributed by atoms with Crippen LogP contribution in [0.5, 0.6) is 0 Å². The Balaban J connectivity index is 1.66. The van der Waals surface area contributed by atoms with E-state index in [0.717, 1.165) is 32.5 Å². The van der Waals surface area contributed by atoms with Crippen molar-refractivity contribution in [1.29, 1.82) is 0 Å². The Morgan fingerprint density at radius 2 is 1.92 bits per heavy atom. The van der Waals surface area contributed by atoms with Crippen LogP contribution in [0.2, 0.25) is 0 Å². The molecule has 74 valence electrons. The predicted molar refractivity (Wildman–Crippen MR) is 49.3 cm³/mol. The molecule has 3 nitrogen and oxygen atoms in total. The molecule has 0 spiro atoms. The summed E-state index contributed by atoms with van der Waals surface area (Å²) in [6.07, 6.45) is 5.21. The number of ether oxygens (including phenoxy) is 1. The minimum atomic E-state index is 0.245. The van der Waals surface area contributed by atoms with Crippen molar-refractivity contribution in [3.05, 3.63) is 0 Å². The van der Waals surface area contributed by atoms with Crippen molar-refractivity contribution in [2.75, 3.05) is 13.2 Å². The summed E-state index contributed by atoms with van der Waals surface area (Å²) in [5.74, 6) is 0.939. The van der Waals surface area contributed by atoms with E-state index in [0.29, 0.717) is 12.0 Å². The molecule has 1 aliphatic carbocycles. The Labute approximate surface area is 78.8 Å². The van der Waals surface area contributed by atoms with Gasteiger partial charge in [0.05, 0.1) is 0 Å². The normalized spacial score (nSPS) is 24.3. The van der Waals surface area contributed by atoms with Gasteiger partial charge in [0.1, 0.15) is 0 Å². The lowest BCUT2D eigenvalue weighted by molar-refractivity contribution is -0.122. The van der Waals surface area contributed by atoms with Gasteiger partial charge in [0.15, 0.2) is 0 Å². The van der Waals surface area contributed by atoms with Gasteiger partial charge in [0, 0.05) is 25.7 Å². The van der Waals surface area contributed by atoms with Crippen molar-refractivity contribution >= 4 is 5.91 Å². The summed E-state index contributed by atoms with van der Waals surface area (Å²) < 4.78 is 5.22. The van der Waals surface area contributed by atoms with E-state index in [-0.39, 0.29) is 5.91 Å². The van der Waals surface area contributed by atoms with Gasteiger partial charge >= 0.3 is 0 Å². The van der Waals surface area contributed by atoms with Crippen LogP contribution in [-0.4, -0.2) is 25.2 Å². The monoisotopic (exact) mass is 183 g/mol. The summed E-state index contributed by atoms with van der Waals surface area (Å²) in [5, 5.41) is 3.07. The Kier molecular flexibility index (Phi) is 2.83. The fourth-order valence-electron chi connectivity index (χ4n) is 1.71. The van der Waals surface area contributed by atoms with Gasteiger partial charge in [0.25, 0.3) is 0 Å². The number of carbonyl (C=O) groups is 1. The first-order valence-electron chi connectivity index (χ1n) is 5.21. The van der Waals surface area contributed by atoms with Crippen molar-refractivity contribution in [3.63, 3.8) is 0 Å². The number of hydrogen-bond acceptors (Lipinski definition) is 2. The number of hydrogen-bond donors (Lipinski definition) is 1. The lowest BCUT2D eigenvalue weighted by atomic mass is 10.1. The molecule has 1 N–H and O–H groups in total. The molecule has 0 aromatic carbocycles. The highest BCUT2D eigenvalue weighted by molar-refractivity contribution is 5.76. The lowest BCUT2D eigenvalue weighted by Gasteiger charge is -2.23. The molecule has 2 fully saturated rings. The van der Waals surface area contributed by atoms with Gasteiger partial charge < -0.3 is 10.1 Å². The first-order valence-corrected chi connectivity index (χ1v) is 5.21. The van der Waals surface area contributed by atoms with E-state index in [1.165, 1.54) is 12.8 Å². The van der Waals surface area contributed by atoms with Crippen LogP contribution in [0.15, 0.2) is 0 Å². The Hall–Kier alpha value is -0.570. The Morgan fingerprint density at radius 1 is 1.23 bits per heavy atom. The highest BCUT2D eigenvalue weighted by Gasteiger charge is 2.25. The van der Waals surface area contributed by atoms with Gasteiger partial charge in [-0.3, -0.25) is 4.79 Å². The molecule has 1 saturated heterocycles. The molecule has 1 saturated carbocycles. The predicted octanol–water partition coefficient (Wildman–Crippen LogP) is 1.08. The van der Waals surface area contributed by atoms with Crippen LogP contribution < -0.4 is 5.32 Å². The molecule has 1 amide bonds. The van der Waals surface area contributed by atoms with Crippen molar-refractivity contribution in [1.82, 2.24) is 5.32 Å². The molecule has 0 atom stereocenters. The molecule has 3 heteroatoms. The smallest absolute Gasteiger partial charge is 0.220 e. The topological polar surface area (TPSA) is 38.3 Å². The van der Waals surface area contributed by atoms with E-state index in [1.54, 1.807) is 0 Å². The molecule has 1 heterocycles. The number of amides is 1. The first kappa shape index (κ1) is 9.00. The zero-order valence-electron chi connectivity index (χ0n) is 7.92. The van der Waals surface area contributed by atoms with Crippen LogP contribution in [0.3, 0.4) is 0 Å². The fraction of sp³-hybridized carbons (Fsp3) is 0.900. The van der Waals surface area contributed by atoms with Gasteiger partial charge in [-0.05, 0) is 31.6 Å². The highest BCUT2D eigenvalue weighted by atomic mass is 16.5. The van der Waals surface area contributed by atoms with Gasteiger partial charge in [-0.15, -0.1) is 0 Å². The number of rotatable bonds is 3. The standard InChI is InChI=1S/C10H17NO2/c12-10(7-8-1-2-8)11-9-3-5-13-6-4-9/h8-9H,1-7H2,(H,11,12). The quantitative estimate of drug-likeness (QED) is 0.711. The van der Waals surface area contributed by atoms with E-state index in [9.17, 15) is 4.79 Å². The molecule has 0 unspecified atom stereocenters. The SMILES string of the molecule is O=C(CC1CC1)NC1CCOCC1. The van der Waals surface area contributed by atoms with Crippen molar-refractivity contribution < 1.29 is 9.53 Å². The Morgan fingerprint density at radius 3 is 2.54 bits per heavy atom. The third kappa shape index (κ3) is 2.99. The highest BCUT2D eigenvalue weighted by Crippen LogP contribution is 2.32. The van der Waals surface area contributed by atoms with Crippen molar-refractivity contribution in [2.24, 2.45) is 5.92 Å². The zero-order chi connectivity index (χ0) is 9.10. The molecule has 0 bridgehead atoms. The summed E-state index contributed by atoms with van der Waals surface area (Å²) in [7, 11) is 0. The van der Waals surface area contributed by atoms with Crippen LogP contribution in [0.4, 0.5) is 0 Å².